The molecule has 0 spiro atoms. The minimum atomic E-state index is -1.73. The summed E-state index contributed by atoms with van der Waals surface area (Å²) in [7, 11) is 0. The molecule has 8 heteroatoms. The number of carbonyl (C=O) groups excluding carboxylic acids is 1. The minimum absolute atomic E-state index is 0.00708. The highest BCUT2D eigenvalue weighted by Gasteiger charge is 2.33. The Morgan fingerprint density at radius 1 is 1.38 bits per heavy atom. The molecule has 1 aliphatic carbocycles. The molecule has 1 amide bonds. The summed E-state index contributed by atoms with van der Waals surface area (Å²) in [6, 6.07) is -0.367. The zero-order chi connectivity index (χ0) is 19.4. The van der Waals surface area contributed by atoms with E-state index in [9.17, 15) is 14.3 Å². The number of aliphatic hydroxyl groups is 1. The van der Waals surface area contributed by atoms with Gasteiger partial charge in [-0.25, -0.2) is 14.4 Å². The number of halogens is 1. The molecule has 1 aliphatic rings. The molecule has 0 saturated heterocycles. The normalized spacial score (nSPS) is 20.8. The summed E-state index contributed by atoms with van der Waals surface area (Å²) in [6.07, 6.45) is 4.73. The van der Waals surface area contributed by atoms with Gasteiger partial charge in [-0.1, -0.05) is 13.0 Å². The van der Waals surface area contributed by atoms with Crippen molar-refractivity contribution in [2.24, 2.45) is 11.7 Å². The standard InChI is InChI=1S/C18H22FN5O2/c1-8-5-6-10(25)9(2)14(8)24-15(20)12(16(21)26)13-17(24)22-7-11(23-13)18(3,4)19/h5-7,9,14,25H,20H2,1-4H3,(H2,21,26). The lowest BCUT2D eigenvalue weighted by molar-refractivity contribution is 0.100. The lowest BCUT2D eigenvalue weighted by Crippen LogP contribution is -2.24. The van der Waals surface area contributed by atoms with Crippen LogP contribution in [0.1, 0.15) is 49.8 Å². The molecule has 26 heavy (non-hydrogen) atoms. The fourth-order valence-electron chi connectivity index (χ4n) is 3.34. The largest absolute Gasteiger partial charge is 0.512 e. The van der Waals surface area contributed by atoms with Crippen molar-refractivity contribution in [1.29, 1.82) is 0 Å². The second-order valence-corrected chi connectivity index (χ2v) is 7.13. The highest BCUT2D eigenvalue weighted by Crippen LogP contribution is 2.40. The molecule has 7 nitrogen and oxygen atoms in total. The maximum atomic E-state index is 14.3. The van der Waals surface area contributed by atoms with Crippen LogP contribution in [0.3, 0.4) is 0 Å². The molecule has 0 saturated carbocycles. The van der Waals surface area contributed by atoms with E-state index in [0.29, 0.717) is 5.65 Å². The van der Waals surface area contributed by atoms with E-state index in [4.69, 9.17) is 11.5 Å². The third kappa shape index (κ3) is 2.61. The third-order valence-electron chi connectivity index (χ3n) is 4.79. The minimum Gasteiger partial charge on any atom is -0.512 e. The summed E-state index contributed by atoms with van der Waals surface area (Å²) in [4.78, 5) is 20.6. The van der Waals surface area contributed by atoms with Gasteiger partial charge in [-0.05, 0) is 32.4 Å². The van der Waals surface area contributed by atoms with Gasteiger partial charge in [0.25, 0.3) is 5.91 Å². The molecule has 5 N–H and O–H groups in total. The first-order valence-corrected chi connectivity index (χ1v) is 8.27. The number of nitrogens with zero attached hydrogens (tertiary/aromatic N) is 3. The number of hydrogen-bond donors (Lipinski definition) is 3. The zero-order valence-corrected chi connectivity index (χ0v) is 15.1. The molecule has 2 atom stereocenters. The maximum absolute atomic E-state index is 14.3. The number of aliphatic hydroxyl groups excluding tert-OH is 1. The van der Waals surface area contributed by atoms with Crippen molar-refractivity contribution >= 4 is 22.9 Å². The molecule has 2 aromatic heterocycles. The SMILES string of the molecule is CC1=CC=C(O)C(C)C1n1c(N)c(C(N)=O)c2nc(C(C)(C)F)cnc21. The number of anilines is 1. The number of hydrogen-bond acceptors (Lipinski definition) is 5. The van der Waals surface area contributed by atoms with Gasteiger partial charge in [0.1, 0.15) is 22.6 Å². The average Bonchev–Trinajstić information content (AvgIpc) is 2.82. The van der Waals surface area contributed by atoms with Crippen LogP contribution in [0.2, 0.25) is 0 Å². The molecule has 2 unspecified atom stereocenters. The van der Waals surface area contributed by atoms with Gasteiger partial charge in [-0.3, -0.25) is 4.79 Å². The Balaban J connectivity index is 2.34. The van der Waals surface area contributed by atoms with Crippen LogP contribution in [-0.4, -0.2) is 25.5 Å². The predicted octanol–water partition coefficient (Wildman–Crippen LogP) is 2.90. The highest BCUT2D eigenvalue weighted by molar-refractivity contribution is 6.09. The van der Waals surface area contributed by atoms with Crippen LogP contribution < -0.4 is 11.5 Å². The first-order valence-electron chi connectivity index (χ1n) is 8.27. The van der Waals surface area contributed by atoms with Crippen molar-refractivity contribution in [2.45, 2.75) is 39.4 Å². The second kappa shape index (κ2) is 5.82. The number of allylic oxidation sites excluding steroid dienone is 4. The van der Waals surface area contributed by atoms with Crippen molar-refractivity contribution in [1.82, 2.24) is 14.5 Å². The average molecular weight is 359 g/mol. The van der Waals surface area contributed by atoms with Crippen LogP contribution in [0.5, 0.6) is 0 Å². The molecule has 0 aromatic carbocycles. The van der Waals surface area contributed by atoms with Gasteiger partial charge in [-0.15, -0.1) is 0 Å². The van der Waals surface area contributed by atoms with E-state index in [1.54, 1.807) is 16.7 Å². The topological polar surface area (TPSA) is 120 Å². The van der Waals surface area contributed by atoms with E-state index in [-0.39, 0.29) is 40.3 Å². The van der Waals surface area contributed by atoms with Crippen molar-refractivity contribution in [3.05, 3.63) is 40.9 Å². The highest BCUT2D eigenvalue weighted by atomic mass is 19.1. The Bertz CT molecular complexity index is 968. The Kier molecular flexibility index (Phi) is 4.01. The molecule has 2 heterocycles. The summed E-state index contributed by atoms with van der Waals surface area (Å²) >= 11 is 0. The fourth-order valence-corrected chi connectivity index (χ4v) is 3.34. The molecule has 3 rings (SSSR count). The monoisotopic (exact) mass is 359 g/mol. The Labute approximate surface area is 150 Å². The van der Waals surface area contributed by atoms with Crippen LogP contribution in [0.4, 0.5) is 10.2 Å². The Morgan fingerprint density at radius 2 is 2.04 bits per heavy atom. The molecule has 0 radical (unpaired) electrons. The lowest BCUT2D eigenvalue weighted by Gasteiger charge is -2.30. The maximum Gasteiger partial charge on any atom is 0.254 e. The van der Waals surface area contributed by atoms with Crippen LogP contribution in [-0.2, 0) is 5.67 Å². The van der Waals surface area contributed by atoms with Crippen LogP contribution in [0, 0.1) is 5.92 Å². The van der Waals surface area contributed by atoms with Crippen molar-refractivity contribution in [3.63, 3.8) is 0 Å². The van der Waals surface area contributed by atoms with Gasteiger partial charge in [0, 0.05) is 5.92 Å². The van der Waals surface area contributed by atoms with E-state index in [0.717, 1.165) is 5.57 Å². The van der Waals surface area contributed by atoms with Gasteiger partial charge in [-0.2, -0.15) is 0 Å². The Morgan fingerprint density at radius 3 is 2.62 bits per heavy atom. The number of nitrogens with two attached hydrogens (primary N) is 2. The molecule has 0 aliphatic heterocycles. The first-order chi connectivity index (χ1) is 12.0. The number of rotatable bonds is 3. The zero-order valence-electron chi connectivity index (χ0n) is 15.1. The van der Waals surface area contributed by atoms with Crippen molar-refractivity contribution in [2.75, 3.05) is 5.73 Å². The molecular formula is C18H22FN5O2. The van der Waals surface area contributed by atoms with E-state index < -0.39 is 11.6 Å². The molecule has 0 fully saturated rings. The number of carbonyl (C=O) groups is 1. The number of aromatic nitrogens is 3. The lowest BCUT2D eigenvalue weighted by atomic mass is 9.89. The molecule has 2 aromatic rings. The van der Waals surface area contributed by atoms with Gasteiger partial charge >= 0.3 is 0 Å². The van der Waals surface area contributed by atoms with Crippen molar-refractivity contribution in [3.8, 4) is 0 Å². The molecule has 0 bridgehead atoms. The van der Waals surface area contributed by atoms with Crippen molar-refractivity contribution < 1.29 is 14.3 Å². The number of fused-ring (bicyclic) bond motifs is 1. The summed E-state index contributed by atoms with van der Waals surface area (Å²) in [5.74, 6) is -0.769. The number of amides is 1. The second-order valence-electron chi connectivity index (χ2n) is 7.13. The Hall–Kier alpha value is -2.90. The number of primary amides is 1. The van der Waals surface area contributed by atoms with Crippen LogP contribution in [0.15, 0.2) is 29.7 Å². The van der Waals surface area contributed by atoms with E-state index in [1.165, 1.54) is 20.0 Å². The van der Waals surface area contributed by atoms with Gasteiger partial charge < -0.3 is 21.1 Å². The first kappa shape index (κ1) is 17.9. The summed E-state index contributed by atoms with van der Waals surface area (Å²) in [5, 5.41) is 10.1. The summed E-state index contributed by atoms with van der Waals surface area (Å²) < 4.78 is 15.9. The third-order valence-corrected chi connectivity index (χ3v) is 4.79. The van der Waals surface area contributed by atoms with E-state index in [1.807, 2.05) is 13.8 Å². The smallest absolute Gasteiger partial charge is 0.254 e. The molecular weight excluding hydrogens is 337 g/mol. The van der Waals surface area contributed by atoms with E-state index >= 15 is 0 Å². The number of alkyl halides is 1. The van der Waals surface area contributed by atoms with Gasteiger partial charge in [0.05, 0.1) is 23.7 Å². The predicted molar refractivity (Wildman–Crippen MR) is 97.3 cm³/mol. The number of nitrogen functional groups attached to an aromatic ring is 1. The van der Waals surface area contributed by atoms with Crippen LogP contribution >= 0.6 is 0 Å². The quantitative estimate of drug-likeness (QED) is 0.778. The fraction of sp³-hybridized carbons (Fsp3) is 0.389. The van der Waals surface area contributed by atoms with Gasteiger partial charge in [0.2, 0.25) is 0 Å². The van der Waals surface area contributed by atoms with Crippen LogP contribution in [0.25, 0.3) is 11.2 Å². The summed E-state index contributed by atoms with van der Waals surface area (Å²) in [5.41, 5.74) is 11.5. The van der Waals surface area contributed by atoms with E-state index in [2.05, 4.69) is 9.97 Å². The molecule has 138 valence electrons. The summed E-state index contributed by atoms with van der Waals surface area (Å²) in [6.45, 7) is 6.44. The van der Waals surface area contributed by atoms with Gasteiger partial charge in [0.15, 0.2) is 5.65 Å².